The van der Waals surface area contributed by atoms with Crippen LogP contribution in [0.2, 0.25) is 0 Å². The van der Waals surface area contributed by atoms with Crippen LogP contribution in [0.3, 0.4) is 0 Å². The van der Waals surface area contributed by atoms with Gasteiger partial charge in [0, 0.05) is 12.7 Å². The number of hydrogen-bond acceptors (Lipinski definition) is 4. The smallest absolute Gasteiger partial charge is 0.143 e. The Bertz CT molecular complexity index is 599. The highest BCUT2D eigenvalue weighted by Gasteiger charge is 2.31. The molecule has 1 aliphatic rings. The van der Waals surface area contributed by atoms with Crippen molar-refractivity contribution in [3.63, 3.8) is 0 Å². The molecular weight excluding hydrogens is 252 g/mol. The van der Waals surface area contributed by atoms with Crippen LogP contribution < -0.4 is 5.32 Å². The Morgan fingerprint density at radius 1 is 1.40 bits per heavy atom. The summed E-state index contributed by atoms with van der Waals surface area (Å²) in [7, 11) is 0. The Morgan fingerprint density at radius 2 is 2.15 bits per heavy atom. The minimum absolute atomic E-state index is 0.552. The van der Waals surface area contributed by atoms with E-state index in [1.807, 2.05) is 13.1 Å². The van der Waals surface area contributed by atoms with Crippen molar-refractivity contribution in [2.24, 2.45) is 5.92 Å². The average Bonchev–Trinajstić information content (AvgIpc) is 2.83. The average molecular weight is 274 g/mol. The largest absolute Gasteiger partial charge is 0.388 e. The van der Waals surface area contributed by atoms with Crippen LogP contribution in [0.4, 0.5) is 5.82 Å². The Morgan fingerprint density at radius 3 is 2.90 bits per heavy atom. The monoisotopic (exact) mass is 274 g/mol. The number of aryl methyl sites for hydroxylation is 1. The molecule has 3 N–H and O–H groups in total. The number of H-pyrrole nitrogens is 1. The first kappa shape index (κ1) is 13.4. The van der Waals surface area contributed by atoms with Gasteiger partial charge in [-0.25, -0.2) is 9.97 Å². The van der Waals surface area contributed by atoms with Crippen LogP contribution >= 0.6 is 0 Å². The highest BCUT2D eigenvalue weighted by molar-refractivity contribution is 5.90. The molecule has 0 bridgehead atoms. The van der Waals surface area contributed by atoms with Gasteiger partial charge in [0.1, 0.15) is 17.8 Å². The van der Waals surface area contributed by atoms with Gasteiger partial charge in [-0.05, 0) is 44.1 Å². The van der Waals surface area contributed by atoms with E-state index in [1.54, 1.807) is 6.33 Å². The molecule has 0 spiro atoms. The van der Waals surface area contributed by atoms with Crippen LogP contribution in [-0.2, 0) is 0 Å². The minimum Gasteiger partial charge on any atom is -0.388 e. The SMILES string of the molecule is Cc1c[nH]c2ncnc(NCC3(O)CCC(C)CC3)c12. The Balaban J connectivity index is 1.75. The van der Waals surface area contributed by atoms with Gasteiger partial charge in [-0.1, -0.05) is 6.92 Å². The summed E-state index contributed by atoms with van der Waals surface area (Å²) in [6.07, 6.45) is 7.40. The second-order valence-corrected chi connectivity index (χ2v) is 6.18. The van der Waals surface area contributed by atoms with Crippen molar-refractivity contribution in [3.05, 3.63) is 18.1 Å². The minimum atomic E-state index is -0.603. The zero-order chi connectivity index (χ0) is 14.2. The Labute approximate surface area is 118 Å². The van der Waals surface area contributed by atoms with Crippen LogP contribution in [0.5, 0.6) is 0 Å². The molecule has 1 aliphatic carbocycles. The van der Waals surface area contributed by atoms with Crippen LogP contribution in [0.15, 0.2) is 12.5 Å². The summed E-state index contributed by atoms with van der Waals surface area (Å²) in [4.78, 5) is 11.7. The summed E-state index contributed by atoms with van der Waals surface area (Å²) in [5, 5.41) is 15.0. The highest BCUT2D eigenvalue weighted by atomic mass is 16.3. The number of aliphatic hydroxyl groups is 1. The maximum atomic E-state index is 10.6. The normalized spacial score (nSPS) is 26.9. The van der Waals surface area contributed by atoms with Crippen LogP contribution in [-0.4, -0.2) is 32.2 Å². The second-order valence-electron chi connectivity index (χ2n) is 6.18. The van der Waals surface area contributed by atoms with E-state index in [0.717, 1.165) is 54.0 Å². The summed E-state index contributed by atoms with van der Waals surface area (Å²) < 4.78 is 0. The van der Waals surface area contributed by atoms with Gasteiger partial charge in [-0.15, -0.1) is 0 Å². The molecule has 20 heavy (non-hydrogen) atoms. The molecule has 0 radical (unpaired) electrons. The molecule has 2 aromatic heterocycles. The summed E-state index contributed by atoms with van der Waals surface area (Å²) >= 11 is 0. The van der Waals surface area contributed by atoms with E-state index in [0.29, 0.717) is 6.54 Å². The lowest BCUT2D eigenvalue weighted by molar-refractivity contribution is 0.00497. The van der Waals surface area contributed by atoms with Gasteiger partial charge in [0.2, 0.25) is 0 Å². The number of fused-ring (bicyclic) bond motifs is 1. The molecule has 1 saturated carbocycles. The zero-order valence-electron chi connectivity index (χ0n) is 12.1. The molecule has 2 heterocycles. The van der Waals surface area contributed by atoms with E-state index in [9.17, 15) is 5.11 Å². The Hall–Kier alpha value is -1.62. The van der Waals surface area contributed by atoms with E-state index in [-0.39, 0.29) is 0 Å². The number of anilines is 1. The van der Waals surface area contributed by atoms with Crippen molar-refractivity contribution < 1.29 is 5.11 Å². The molecule has 1 fully saturated rings. The standard InChI is InChI=1S/C15H22N4O/c1-10-3-5-15(20,6-4-10)8-17-14-12-11(2)7-16-13(12)18-9-19-14/h7,9-10,20H,3-6,8H2,1-2H3,(H2,16,17,18,19). The van der Waals surface area contributed by atoms with Crippen LogP contribution in [0.25, 0.3) is 11.0 Å². The van der Waals surface area contributed by atoms with Gasteiger partial charge in [0.05, 0.1) is 11.0 Å². The fourth-order valence-electron chi connectivity index (χ4n) is 2.98. The van der Waals surface area contributed by atoms with Crippen molar-refractivity contribution in [2.45, 2.75) is 45.1 Å². The van der Waals surface area contributed by atoms with Crippen LogP contribution in [0.1, 0.15) is 38.2 Å². The highest BCUT2D eigenvalue weighted by Crippen LogP contribution is 2.32. The van der Waals surface area contributed by atoms with E-state index < -0.39 is 5.60 Å². The zero-order valence-corrected chi connectivity index (χ0v) is 12.1. The van der Waals surface area contributed by atoms with Gasteiger partial charge in [0.15, 0.2) is 0 Å². The molecular formula is C15H22N4O. The molecule has 0 unspecified atom stereocenters. The third kappa shape index (κ3) is 2.50. The molecule has 0 atom stereocenters. The molecule has 2 aromatic rings. The quantitative estimate of drug-likeness (QED) is 0.804. The molecule has 5 nitrogen and oxygen atoms in total. The summed E-state index contributed by atoms with van der Waals surface area (Å²) in [6.45, 7) is 4.84. The van der Waals surface area contributed by atoms with E-state index in [1.165, 1.54) is 0 Å². The molecule has 5 heteroatoms. The third-order valence-corrected chi connectivity index (χ3v) is 4.46. The first-order chi connectivity index (χ1) is 9.57. The topological polar surface area (TPSA) is 73.8 Å². The number of aromatic amines is 1. The van der Waals surface area contributed by atoms with Crippen molar-refractivity contribution in [3.8, 4) is 0 Å². The molecule has 108 valence electrons. The lowest BCUT2D eigenvalue weighted by atomic mass is 9.79. The first-order valence-corrected chi connectivity index (χ1v) is 7.32. The Kier molecular flexibility index (Phi) is 3.38. The summed E-state index contributed by atoms with van der Waals surface area (Å²) in [5.41, 5.74) is 1.35. The van der Waals surface area contributed by atoms with Crippen molar-refractivity contribution in [1.82, 2.24) is 15.0 Å². The molecule has 0 amide bonds. The van der Waals surface area contributed by atoms with Gasteiger partial charge in [-0.2, -0.15) is 0 Å². The number of rotatable bonds is 3. The summed E-state index contributed by atoms with van der Waals surface area (Å²) in [5.74, 6) is 1.54. The summed E-state index contributed by atoms with van der Waals surface area (Å²) in [6, 6.07) is 0. The van der Waals surface area contributed by atoms with Gasteiger partial charge >= 0.3 is 0 Å². The van der Waals surface area contributed by atoms with Gasteiger partial charge < -0.3 is 15.4 Å². The number of nitrogens with one attached hydrogen (secondary N) is 2. The maximum absolute atomic E-state index is 10.6. The lowest BCUT2D eigenvalue weighted by Gasteiger charge is -2.35. The van der Waals surface area contributed by atoms with E-state index in [2.05, 4.69) is 27.2 Å². The molecule has 0 aromatic carbocycles. The second kappa shape index (κ2) is 5.05. The maximum Gasteiger partial charge on any atom is 0.143 e. The van der Waals surface area contributed by atoms with Gasteiger partial charge in [-0.3, -0.25) is 0 Å². The van der Waals surface area contributed by atoms with Crippen molar-refractivity contribution in [1.29, 1.82) is 0 Å². The lowest BCUT2D eigenvalue weighted by Crippen LogP contribution is -2.40. The predicted molar refractivity (Wildman–Crippen MR) is 79.7 cm³/mol. The van der Waals surface area contributed by atoms with Crippen molar-refractivity contribution in [2.75, 3.05) is 11.9 Å². The number of nitrogens with zero attached hydrogens (tertiary/aromatic N) is 2. The van der Waals surface area contributed by atoms with Crippen LogP contribution in [0, 0.1) is 12.8 Å². The first-order valence-electron chi connectivity index (χ1n) is 7.32. The van der Waals surface area contributed by atoms with E-state index >= 15 is 0 Å². The fourth-order valence-corrected chi connectivity index (χ4v) is 2.98. The molecule has 0 saturated heterocycles. The third-order valence-electron chi connectivity index (χ3n) is 4.46. The predicted octanol–water partition coefficient (Wildman–Crippen LogP) is 2.62. The van der Waals surface area contributed by atoms with Gasteiger partial charge in [0.25, 0.3) is 0 Å². The van der Waals surface area contributed by atoms with Crippen molar-refractivity contribution >= 4 is 16.9 Å². The molecule has 3 rings (SSSR count). The van der Waals surface area contributed by atoms with E-state index in [4.69, 9.17) is 0 Å². The molecule has 0 aliphatic heterocycles. The number of hydrogen-bond donors (Lipinski definition) is 3. The number of aromatic nitrogens is 3. The fraction of sp³-hybridized carbons (Fsp3) is 0.600.